The van der Waals surface area contributed by atoms with Crippen LogP contribution in [0.3, 0.4) is 0 Å². The number of hydrogen-bond acceptors (Lipinski definition) is 6. The van der Waals surface area contributed by atoms with E-state index >= 15 is 0 Å². The third-order valence-corrected chi connectivity index (χ3v) is 5.55. The second-order valence-corrected chi connectivity index (χ2v) is 10.4. The van der Waals surface area contributed by atoms with Gasteiger partial charge in [0.05, 0.1) is 30.0 Å². The Kier molecular flexibility index (Phi) is 6.27. The Balaban J connectivity index is 1.76. The van der Waals surface area contributed by atoms with Crippen molar-refractivity contribution in [2.75, 3.05) is 39.3 Å². The molecule has 0 spiro atoms. The quantitative estimate of drug-likeness (QED) is 0.784. The lowest BCUT2D eigenvalue weighted by molar-refractivity contribution is -0.185. The van der Waals surface area contributed by atoms with E-state index < -0.39 is 5.60 Å². The molecule has 0 aliphatic carbocycles. The van der Waals surface area contributed by atoms with E-state index in [1.165, 1.54) is 0 Å². The molecule has 0 radical (unpaired) electrons. The highest BCUT2D eigenvalue weighted by Crippen LogP contribution is 2.48. The Labute approximate surface area is 165 Å². The molecule has 3 aliphatic heterocycles. The fraction of sp³-hybridized carbons (Fsp3) is 1.00. The molecule has 0 amide bonds. The first-order chi connectivity index (χ1) is 12.5. The zero-order chi connectivity index (χ0) is 19.9. The summed E-state index contributed by atoms with van der Waals surface area (Å²) in [7, 11) is 0. The summed E-state index contributed by atoms with van der Waals surface area (Å²) in [5.41, 5.74) is -0.909. The van der Waals surface area contributed by atoms with Gasteiger partial charge in [0, 0.05) is 39.1 Å². The number of fused-ring (bicyclic) bond motifs is 1. The van der Waals surface area contributed by atoms with E-state index in [2.05, 4.69) is 58.7 Å². The first-order valence-electron chi connectivity index (χ1n) is 10.6. The molecule has 3 heterocycles. The number of hydrogen-bond donors (Lipinski definition) is 1. The van der Waals surface area contributed by atoms with Gasteiger partial charge in [0.1, 0.15) is 17.8 Å². The van der Waals surface area contributed by atoms with Gasteiger partial charge in [-0.05, 0) is 48.5 Å². The van der Waals surface area contributed by atoms with Crippen molar-refractivity contribution in [1.82, 2.24) is 10.2 Å². The predicted octanol–water partition coefficient (Wildman–Crippen LogP) is 2.21. The van der Waals surface area contributed by atoms with Crippen LogP contribution in [0.25, 0.3) is 0 Å². The van der Waals surface area contributed by atoms with E-state index in [1.54, 1.807) is 0 Å². The topological polar surface area (TPSA) is 52.2 Å². The second-order valence-electron chi connectivity index (χ2n) is 10.4. The van der Waals surface area contributed by atoms with Gasteiger partial charge in [-0.25, -0.2) is 0 Å². The van der Waals surface area contributed by atoms with Gasteiger partial charge in [-0.2, -0.15) is 0 Å². The lowest BCUT2D eigenvalue weighted by Crippen LogP contribution is -2.53. The van der Waals surface area contributed by atoms with Crippen molar-refractivity contribution in [3.8, 4) is 0 Å². The van der Waals surface area contributed by atoms with E-state index in [0.717, 1.165) is 39.1 Å². The maximum Gasteiger partial charge on any atom is 0.128 e. The zero-order valence-electron chi connectivity index (χ0n) is 18.3. The summed E-state index contributed by atoms with van der Waals surface area (Å²) in [6.07, 6.45) is 0.900. The van der Waals surface area contributed by atoms with Crippen LogP contribution >= 0.6 is 0 Å². The molecule has 3 saturated heterocycles. The molecule has 0 bridgehead atoms. The Morgan fingerprint density at radius 3 is 2.30 bits per heavy atom. The van der Waals surface area contributed by atoms with E-state index in [-0.39, 0.29) is 35.6 Å². The molecule has 0 aromatic heterocycles. The van der Waals surface area contributed by atoms with Crippen molar-refractivity contribution in [2.45, 2.75) is 96.1 Å². The smallest absolute Gasteiger partial charge is 0.128 e. The van der Waals surface area contributed by atoms with Crippen LogP contribution in [0, 0.1) is 0 Å². The molecule has 5 atom stereocenters. The zero-order valence-corrected chi connectivity index (χ0v) is 18.3. The van der Waals surface area contributed by atoms with Crippen molar-refractivity contribution in [3.63, 3.8) is 0 Å². The lowest BCUT2D eigenvalue weighted by atomic mass is 9.87. The van der Waals surface area contributed by atoms with Crippen molar-refractivity contribution >= 4 is 0 Å². The van der Waals surface area contributed by atoms with Crippen LogP contribution in [-0.2, 0) is 18.9 Å². The van der Waals surface area contributed by atoms with Gasteiger partial charge in [0.25, 0.3) is 0 Å². The first-order valence-corrected chi connectivity index (χ1v) is 10.6. The molecule has 1 N–H and O–H groups in total. The van der Waals surface area contributed by atoms with Crippen LogP contribution in [0.2, 0.25) is 0 Å². The normalized spacial score (nSPS) is 38.3. The van der Waals surface area contributed by atoms with E-state index in [1.807, 2.05) is 0 Å². The van der Waals surface area contributed by atoms with Crippen molar-refractivity contribution in [2.24, 2.45) is 0 Å². The van der Waals surface area contributed by atoms with Crippen molar-refractivity contribution < 1.29 is 18.9 Å². The highest BCUT2D eigenvalue weighted by molar-refractivity contribution is 5.11. The molecule has 0 saturated carbocycles. The molecule has 158 valence electrons. The number of ether oxygens (including phenoxy) is 4. The van der Waals surface area contributed by atoms with Gasteiger partial charge in [-0.3, -0.25) is 4.90 Å². The summed E-state index contributed by atoms with van der Waals surface area (Å²) in [5, 5.41) is 3.42. The van der Waals surface area contributed by atoms with Crippen LogP contribution < -0.4 is 5.32 Å². The molecule has 27 heavy (non-hydrogen) atoms. The molecule has 3 rings (SSSR count). The van der Waals surface area contributed by atoms with Gasteiger partial charge in [0.15, 0.2) is 0 Å². The Morgan fingerprint density at radius 1 is 1.04 bits per heavy atom. The third kappa shape index (κ3) is 5.22. The minimum atomic E-state index is -0.443. The van der Waals surface area contributed by atoms with Gasteiger partial charge >= 0.3 is 0 Å². The molecule has 0 aromatic rings. The van der Waals surface area contributed by atoms with Gasteiger partial charge in [-0.15, -0.1) is 0 Å². The van der Waals surface area contributed by atoms with Crippen LogP contribution in [0.5, 0.6) is 0 Å². The van der Waals surface area contributed by atoms with Crippen LogP contribution in [-0.4, -0.2) is 85.4 Å². The summed E-state index contributed by atoms with van der Waals surface area (Å²) < 4.78 is 25.7. The molecule has 6 nitrogen and oxygen atoms in total. The van der Waals surface area contributed by atoms with Crippen LogP contribution in [0.1, 0.15) is 54.9 Å². The van der Waals surface area contributed by atoms with Crippen molar-refractivity contribution in [3.05, 3.63) is 0 Å². The molecule has 3 aliphatic rings. The fourth-order valence-electron chi connectivity index (χ4n) is 4.64. The van der Waals surface area contributed by atoms with E-state index in [9.17, 15) is 0 Å². The molecular weight excluding hydrogens is 344 g/mol. The summed E-state index contributed by atoms with van der Waals surface area (Å²) in [4.78, 5) is 2.50. The average Bonchev–Trinajstić information content (AvgIpc) is 2.98. The van der Waals surface area contributed by atoms with Gasteiger partial charge in [0.2, 0.25) is 0 Å². The SMILES string of the molecule is C[C@@H]1O[C@H](COC(C)(C)C)[C@@]2(OC(C)(C)C)C[C@H](CN3CCNCC3)OC12. The fourth-order valence-corrected chi connectivity index (χ4v) is 4.64. The lowest BCUT2D eigenvalue weighted by Gasteiger charge is -2.39. The van der Waals surface area contributed by atoms with Crippen LogP contribution in [0.4, 0.5) is 0 Å². The minimum Gasteiger partial charge on any atom is -0.373 e. The largest absolute Gasteiger partial charge is 0.373 e. The summed E-state index contributed by atoms with van der Waals surface area (Å²) in [6, 6.07) is 0. The summed E-state index contributed by atoms with van der Waals surface area (Å²) >= 11 is 0. The number of rotatable bonds is 5. The number of nitrogens with zero attached hydrogens (tertiary/aromatic N) is 1. The summed E-state index contributed by atoms with van der Waals surface area (Å²) in [6.45, 7) is 20.5. The third-order valence-electron chi connectivity index (χ3n) is 5.55. The maximum atomic E-state index is 6.72. The highest BCUT2D eigenvalue weighted by atomic mass is 16.6. The number of nitrogens with one attached hydrogen (secondary N) is 1. The Morgan fingerprint density at radius 2 is 1.70 bits per heavy atom. The maximum absolute atomic E-state index is 6.72. The minimum absolute atomic E-state index is 0.00828. The molecular formula is C21H40N2O4. The van der Waals surface area contributed by atoms with E-state index in [0.29, 0.717) is 6.61 Å². The van der Waals surface area contributed by atoms with Gasteiger partial charge < -0.3 is 24.3 Å². The molecule has 3 fully saturated rings. The van der Waals surface area contributed by atoms with Gasteiger partial charge in [-0.1, -0.05) is 0 Å². The first kappa shape index (κ1) is 21.5. The molecule has 0 aromatic carbocycles. The standard InChI is InChI=1S/C21H40N2O4/c1-15-18-21(27-20(5,6)7,17(25-15)14-24-19(2,3)4)12-16(26-18)13-23-10-8-22-9-11-23/h15-18,22H,8-14H2,1-7H3/t15-,16+,17+,18?,21-/m0/s1. The van der Waals surface area contributed by atoms with Crippen molar-refractivity contribution in [1.29, 1.82) is 0 Å². The highest BCUT2D eigenvalue weighted by Gasteiger charge is 2.63. The summed E-state index contributed by atoms with van der Waals surface area (Å²) in [5.74, 6) is 0. The molecule has 6 heteroatoms. The number of piperazine rings is 1. The van der Waals surface area contributed by atoms with Crippen LogP contribution in [0.15, 0.2) is 0 Å². The Hall–Kier alpha value is -0.240. The monoisotopic (exact) mass is 384 g/mol. The molecule has 1 unspecified atom stereocenters. The second kappa shape index (κ2) is 7.88. The van der Waals surface area contributed by atoms with E-state index in [4.69, 9.17) is 18.9 Å². The predicted molar refractivity (Wildman–Crippen MR) is 106 cm³/mol. The Bertz CT molecular complexity index is 495. The average molecular weight is 385 g/mol.